The minimum atomic E-state index is 0.791. The lowest BCUT2D eigenvalue weighted by molar-refractivity contribution is 0.133. The third-order valence-electron chi connectivity index (χ3n) is 5.40. The van der Waals surface area contributed by atoms with Crippen molar-refractivity contribution in [2.75, 3.05) is 13.1 Å². The fourth-order valence-corrected chi connectivity index (χ4v) is 4.10. The summed E-state index contributed by atoms with van der Waals surface area (Å²) in [6, 6.07) is 2.66. The van der Waals surface area contributed by atoms with Crippen LogP contribution in [0, 0.1) is 0 Å². The van der Waals surface area contributed by atoms with Gasteiger partial charge in [-0.05, 0) is 45.1 Å². The summed E-state index contributed by atoms with van der Waals surface area (Å²) in [7, 11) is 0. The van der Waals surface area contributed by atoms with Crippen molar-refractivity contribution in [3.05, 3.63) is 0 Å². The minimum Gasteiger partial charge on any atom is -0.313 e. The summed E-state index contributed by atoms with van der Waals surface area (Å²) in [6.07, 6.45) is 17.6. The fraction of sp³-hybridized carbons (Fsp3) is 1.00. The molecule has 2 aliphatic carbocycles. The molecule has 2 heteroatoms. The van der Waals surface area contributed by atoms with Crippen LogP contribution in [0.2, 0.25) is 0 Å². The van der Waals surface area contributed by atoms with Crippen LogP contribution in [-0.2, 0) is 0 Å². The Morgan fingerprint density at radius 1 is 0.684 bits per heavy atom. The third kappa shape index (κ3) is 4.19. The van der Waals surface area contributed by atoms with Gasteiger partial charge in [0.15, 0.2) is 0 Å². The van der Waals surface area contributed by atoms with Crippen molar-refractivity contribution in [2.24, 2.45) is 0 Å². The molecule has 2 nitrogen and oxygen atoms in total. The summed E-state index contributed by atoms with van der Waals surface area (Å²) in [5.74, 6) is 0. The van der Waals surface area contributed by atoms with Crippen molar-refractivity contribution in [3.63, 3.8) is 0 Å². The largest absolute Gasteiger partial charge is 0.313 e. The summed E-state index contributed by atoms with van der Waals surface area (Å²) in [5.41, 5.74) is 0. The number of nitrogens with one attached hydrogen (secondary N) is 1. The predicted octanol–water partition coefficient (Wildman–Crippen LogP) is 3.71. The average Bonchev–Trinajstić information content (AvgIpc) is 3.22. The van der Waals surface area contributed by atoms with Crippen LogP contribution in [0.4, 0.5) is 0 Å². The van der Waals surface area contributed by atoms with Crippen molar-refractivity contribution in [1.82, 2.24) is 10.2 Å². The first-order chi connectivity index (χ1) is 9.43. The van der Waals surface area contributed by atoms with Crippen LogP contribution in [-0.4, -0.2) is 36.1 Å². The highest BCUT2D eigenvalue weighted by atomic mass is 15.2. The molecule has 2 saturated carbocycles. The minimum absolute atomic E-state index is 0.791. The Morgan fingerprint density at radius 2 is 1.32 bits per heavy atom. The van der Waals surface area contributed by atoms with Crippen molar-refractivity contribution in [3.8, 4) is 0 Å². The van der Waals surface area contributed by atoms with Gasteiger partial charge in [-0.1, -0.05) is 38.5 Å². The summed E-state index contributed by atoms with van der Waals surface area (Å²) < 4.78 is 0. The first kappa shape index (κ1) is 13.9. The van der Waals surface area contributed by atoms with Crippen LogP contribution in [0.15, 0.2) is 0 Å². The first-order valence-electron chi connectivity index (χ1n) is 8.92. The topological polar surface area (TPSA) is 15.3 Å². The van der Waals surface area contributed by atoms with Crippen LogP contribution in [0.5, 0.6) is 0 Å². The summed E-state index contributed by atoms with van der Waals surface area (Å²) in [6.45, 7) is 2.60. The van der Waals surface area contributed by atoms with Gasteiger partial charge in [-0.3, -0.25) is 4.90 Å². The van der Waals surface area contributed by atoms with E-state index in [0.29, 0.717) is 0 Å². The molecule has 0 radical (unpaired) electrons. The highest BCUT2D eigenvalue weighted by molar-refractivity contribution is 4.92. The molecule has 3 aliphatic rings. The third-order valence-corrected chi connectivity index (χ3v) is 5.40. The van der Waals surface area contributed by atoms with Gasteiger partial charge in [-0.15, -0.1) is 0 Å². The van der Waals surface area contributed by atoms with E-state index in [2.05, 4.69) is 10.2 Å². The highest BCUT2D eigenvalue weighted by Gasteiger charge is 2.35. The Labute approximate surface area is 119 Å². The molecule has 3 rings (SSSR count). The Morgan fingerprint density at radius 3 is 1.95 bits per heavy atom. The van der Waals surface area contributed by atoms with E-state index in [9.17, 15) is 0 Å². The summed E-state index contributed by atoms with van der Waals surface area (Å²) in [4.78, 5) is 2.92. The van der Waals surface area contributed by atoms with Crippen molar-refractivity contribution < 1.29 is 0 Å². The van der Waals surface area contributed by atoms with Gasteiger partial charge >= 0.3 is 0 Å². The van der Waals surface area contributed by atoms with Crippen LogP contribution in [0.1, 0.15) is 77.0 Å². The number of piperidine rings is 1. The van der Waals surface area contributed by atoms with Gasteiger partial charge in [0, 0.05) is 24.7 Å². The van der Waals surface area contributed by atoms with Gasteiger partial charge in [0.1, 0.15) is 0 Å². The van der Waals surface area contributed by atoms with E-state index in [1.54, 1.807) is 0 Å². The highest BCUT2D eigenvalue weighted by Crippen LogP contribution is 2.33. The van der Waals surface area contributed by atoms with E-state index < -0.39 is 0 Å². The maximum atomic E-state index is 3.76. The smallest absolute Gasteiger partial charge is 0.0195 e. The number of rotatable bonds is 4. The van der Waals surface area contributed by atoms with E-state index in [4.69, 9.17) is 0 Å². The normalized spacial score (nSPS) is 31.1. The second kappa shape index (κ2) is 7.08. The molecule has 0 aromatic rings. The molecule has 19 heavy (non-hydrogen) atoms. The Kier molecular flexibility index (Phi) is 5.17. The molecule has 1 unspecified atom stereocenters. The summed E-state index contributed by atoms with van der Waals surface area (Å²) >= 11 is 0. The van der Waals surface area contributed by atoms with Gasteiger partial charge in [-0.2, -0.15) is 0 Å². The van der Waals surface area contributed by atoms with E-state index in [1.807, 2.05) is 0 Å². The lowest BCUT2D eigenvalue weighted by Gasteiger charge is -2.37. The molecule has 0 bridgehead atoms. The Balaban J connectivity index is 1.55. The molecule has 0 aromatic carbocycles. The van der Waals surface area contributed by atoms with Gasteiger partial charge < -0.3 is 5.32 Å². The lowest BCUT2D eigenvalue weighted by Crippen LogP contribution is -2.48. The zero-order valence-electron chi connectivity index (χ0n) is 12.6. The van der Waals surface area contributed by atoms with Crippen LogP contribution in [0.3, 0.4) is 0 Å². The summed E-state index contributed by atoms with van der Waals surface area (Å²) in [5, 5.41) is 3.76. The van der Waals surface area contributed by atoms with Crippen molar-refractivity contribution >= 4 is 0 Å². The SMILES string of the molecule is C1CCCC(N(CC2CCCCN2)C2CC2)CCC1. The predicted molar refractivity (Wildman–Crippen MR) is 81.5 cm³/mol. The quantitative estimate of drug-likeness (QED) is 0.833. The van der Waals surface area contributed by atoms with Crippen LogP contribution >= 0.6 is 0 Å². The van der Waals surface area contributed by atoms with Gasteiger partial charge in [0.25, 0.3) is 0 Å². The molecule has 0 spiro atoms. The molecule has 0 aromatic heterocycles. The molecular formula is C17H32N2. The van der Waals surface area contributed by atoms with E-state index in [0.717, 1.165) is 18.1 Å². The van der Waals surface area contributed by atoms with Gasteiger partial charge in [-0.25, -0.2) is 0 Å². The molecule has 3 fully saturated rings. The van der Waals surface area contributed by atoms with E-state index >= 15 is 0 Å². The molecule has 1 atom stereocenters. The average molecular weight is 264 g/mol. The molecule has 110 valence electrons. The second-order valence-electron chi connectivity index (χ2n) is 7.07. The molecule has 0 amide bonds. The lowest BCUT2D eigenvalue weighted by atomic mass is 9.94. The van der Waals surface area contributed by atoms with Crippen LogP contribution in [0.25, 0.3) is 0 Å². The maximum absolute atomic E-state index is 3.76. The van der Waals surface area contributed by atoms with E-state index in [1.165, 1.54) is 90.1 Å². The second-order valence-corrected chi connectivity index (χ2v) is 7.07. The standard InChI is InChI=1S/C17H32N2/c1-2-4-9-16(10-5-3-1)19(17-11-12-17)14-15-8-6-7-13-18-15/h15-18H,1-14H2. The van der Waals surface area contributed by atoms with Crippen LogP contribution < -0.4 is 5.32 Å². The molecule has 1 aliphatic heterocycles. The monoisotopic (exact) mass is 264 g/mol. The molecule has 1 N–H and O–H groups in total. The Bertz CT molecular complexity index is 248. The maximum Gasteiger partial charge on any atom is 0.0195 e. The first-order valence-corrected chi connectivity index (χ1v) is 8.92. The van der Waals surface area contributed by atoms with E-state index in [-0.39, 0.29) is 0 Å². The molecule has 1 heterocycles. The van der Waals surface area contributed by atoms with Gasteiger partial charge in [0.05, 0.1) is 0 Å². The van der Waals surface area contributed by atoms with Gasteiger partial charge in [0.2, 0.25) is 0 Å². The molecular weight excluding hydrogens is 232 g/mol. The zero-order chi connectivity index (χ0) is 12.9. The zero-order valence-corrected chi connectivity index (χ0v) is 12.6. The number of nitrogens with zero attached hydrogens (tertiary/aromatic N) is 1. The Hall–Kier alpha value is -0.0800. The molecule has 1 saturated heterocycles. The number of hydrogen-bond donors (Lipinski definition) is 1. The fourth-order valence-electron chi connectivity index (χ4n) is 4.10. The van der Waals surface area contributed by atoms with Crippen molar-refractivity contribution in [2.45, 2.75) is 95.2 Å². The van der Waals surface area contributed by atoms with Crippen molar-refractivity contribution in [1.29, 1.82) is 0 Å². The number of hydrogen-bond acceptors (Lipinski definition) is 2.